The van der Waals surface area contributed by atoms with Gasteiger partial charge in [-0.15, -0.1) is 5.10 Å². The molecule has 0 aliphatic heterocycles. The predicted molar refractivity (Wildman–Crippen MR) is 86.0 cm³/mol. The van der Waals surface area contributed by atoms with E-state index in [1.807, 2.05) is 40.8 Å². The summed E-state index contributed by atoms with van der Waals surface area (Å²) in [6.45, 7) is 10.8. The number of nitrogens with zero attached hydrogens (tertiary/aromatic N) is 4. The van der Waals surface area contributed by atoms with Crippen LogP contribution in [0.3, 0.4) is 0 Å². The Balaban J connectivity index is 2.93. The zero-order valence-electron chi connectivity index (χ0n) is 14.6. The Hall–Kier alpha value is -0.990. The molecule has 0 aromatic carbocycles. The number of aromatic nitrogens is 3. The SMILES string of the molecule is Cc1cn(CC(C)(C)C(CN(C)S(C)(=O)=O)OC(C)C)nn1. The lowest BCUT2D eigenvalue weighted by Crippen LogP contribution is -2.46. The lowest BCUT2D eigenvalue weighted by molar-refractivity contribution is -0.0702. The first-order chi connectivity index (χ1) is 9.91. The van der Waals surface area contributed by atoms with Crippen LogP contribution in [-0.2, 0) is 21.3 Å². The van der Waals surface area contributed by atoms with Gasteiger partial charge in [-0.2, -0.15) is 0 Å². The predicted octanol–water partition coefficient (Wildman–Crippen LogP) is 1.30. The first kappa shape index (κ1) is 19.1. The van der Waals surface area contributed by atoms with Crippen molar-refractivity contribution in [3.63, 3.8) is 0 Å². The summed E-state index contributed by atoms with van der Waals surface area (Å²) in [6, 6.07) is 0. The Morgan fingerprint density at radius 3 is 2.41 bits per heavy atom. The molecule has 0 saturated carbocycles. The Morgan fingerprint density at radius 1 is 1.41 bits per heavy atom. The van der Waals surface area contributed by atoms with Gasteiger partial charge in [0.05, 0.1) is 30.7 Å². The van der Waals surface area contributed by atoms with Crippen LogP contribution in [0.5, 0.6) is 0 Å². The van der Waals surface area contributed by atoms with E-state index < -0.39 is 10.0 Å². The highest BCUT2D eigenvalue weighted by Crippen LogP contribution is 2.27. The third-order valence-corrected chi connectivity index (χ3v) is 4.80. The van der Waals surface area contributed by atoms with E-state index in [0.717, 1.165) is 5.69 Å². The monoisotopic (exact) mass is 332 g/mol. The number of ether oxygens (including phenoxy) is 1. The summed E-state index contributed by atoms with van der Waals surface area (Å²) in [5, 5.41) is 8.06. The van der Waals surface area contributed by atoms with E-state index in [-0.39, 0.29) is 17.6 Å². The van der Waals surface area contributed by atoms with E-state index in [2.05, 4.69) is 10.3 Å². The van der Waals surface area contributed by atoms with Gasteiger partial charge in [0, 0.05) is 25.2 Å². The Morgan fingerprint density at radius 2 is 2.00 bits per heavy atom. The van der Waals surface area contributed by atoms with E-state index in [9.17, 15) is 8.42 Å². The zero-order chi connectivity index (χ0) is 17.1. The topological polar surface area (TPSA) is 77.3 Å². The lowest BCUT2D eigenvalue weighted by Gasteiger charge is -2.37. The van der Waals surface area contributed by atoms with Crippen LogP contribution in [-0.4, -0.2) is 59.8 Å². The van der Waals surface area contributed by atoms with Gasteiger partial charge in [-0.3, -0.25) is 4.68 Å². The van der Waals surface area contributed by atoms with Gasteiger partial charge in [0.25, 0.3) is 0 Å². The first-order valence-electron chi connectivity index (χ1n) is 7.35. The molecule has 22 heavy (non-hydrogen) atoms. The van der Waals surface area contributed by atoms with Gasteiger partial charge >= 0.3 is 0 Å². The highest BCUT2D eigenvalue weighted by Gasteiger charge is 2.34. The molecule has 1 heterocycles. The third kappa shape index (κ3) is 5.66. The molecule has 1 atom stereocenters. The minimum atomic E-state index is -3.24. The molecule has 0 N–H and O–H groups in total. The molecule has 8 heteroatoms. The zero-order valence-corrected chi connectivity index (χ0v) is 15.4. The molecule has 0 fully saturated rings. The van der Waals surface area contributed by atoms with E-state index >= 15 is 0 Å². The van der Waals surface area contributed by atoms with Crippen molar-refractivity contribution in [1.29, 1.82) is 0 Å². The number of rotatable bonds is 8. The summed E-state index contributed by atoms with van der Waals surface area (Å²) in [5.74, 6) is 0. The minimum Gasteiger partial charge on any atom is -0.374 e. The number of likely N-dealkylation sites (N-methyl/N-ethyl adjacent to an activating group) is 1. The second-order valence-electron chi connectivity index (χ2n) is 6.76. The molecule has 0 saturated heterocycles. The van der Waals surface area contributed by atoms with E-state index in [1.165, 1.54) is 10.6 Å². The average molecular weight is 332 g/mol. The Bertz CT molecular complexity index is 581. The quantitative estimate of drug-likeness (QED) is 0.717. The third-order valence-electron chi connectivity index (χ3n) is 3.52. The molecule has 0 bridgehead atoms. The van der Waals surface area contributed by atoms with Crippen LogP contribution >= 0.6 is 0 Å². The van der Waals surface area contributed by atoms with Crippen molar-refractivity contribution >= 4 is 10.0 Å². The number of aryl methyl sites for hydroxylation is 1. The fourth-order valence-corrected chi connectivity index (χ4v) is 2.57. The molecule has 0 spiro atoms. The Kier molecular flexibility index (Phi) is 6.11. The molecule has 0 radical (unpaired) electrons. The maximum Gasteiger partial charge on any atom is 0.211 e. The average Bonchev–Trinajstić information content (AvgIpc) is 2.71. The molecule has 1 aromatic rings. The summed E-state index contributed by atoms with van der Waals surface area (Å²) >= 11 is 0. The fourth-order valence-electron chi connectivity index (χ4n) is 2.16. The van der Waals surface area contributed by atoms with Gasteiger partial charge < -0.3 is 4.74 Å². The van der Waals surface area contributed by atoms with Crippen molar-refractivity contribution in [1.82, 2.24) is 19.3 Å². The molecule has 7 nitrogen and oxygen atoms in total. The van der Waals surface area contributed by atoms with E-state index in [0.29, 0.717) is 13.1 Å². The summed E-state index contributed by atoms with van der Waals surface area (Å²) in [4.78, 5) is 0. The van der Waals surface area contributed by atoms with E-state index in [4.69, 9.17) is 4.74 Å². The van der Waals surface area contributed by atoms with Gasteiger partial charge in [-0.1, -0.05) is 19.1 Å². The highest BCUT2D eigenvalue weighted by molar-refractivity contribution is 7.88. The van der Waals surface area contributed by atoms with Crippen molar-refractivity contribution in [2.24, 2.45) is 5.41 Å². The summed E-state index contributed by atoms with van der Waals surface area (Å²) < 4.78 is 32.5. The van der Waals surface area contributed by atoms with Crippen molar-refractivity contribution in [2.75, 3.05) is 19.8 Å². The van der Waals surface area contributed by atoms with Crippen LogP contribution in [0.2, 0.25) is 0 Å². The molecule has 0 aliphatic carbocycles. The van der Waals surface area contributed by atoms with Gasteiger partial charge in [0.2, 0.25) is 10.0 Å². The molecule has 1 unspecified atom stereocenters. The smallest absolute Gasteiger partial charge is 0.211 e. The highest BCUT2D eigenvalue weighted by atomic mass is 32.2. The second kappa shape index (κ2) is 7.06. The summed E-state index contributed by atoms with van der Waals surface area (Å²) in [5.41, 5.74) is 0.550. The molecular weight excluding hydrogens is 304 g/mol. The summed E-state index contributed by atoms with van der Waals surface area (Å²) in [6.07, 6.45) is 2.83. The fraction of sp³-hybridized carbons (Fsp3) is 0.857. The summed E-state index contributed by atoms with van der Waals surface area (Å²) in [7, 11) is -1.67. The van der Waals surface area contributed by atoms with E-state index in [1.54, 1.807) is 11.7 Å². The minimum absolute atomic E-state index is 0.00900. The first-order valence-corrected chi connectivity index (χ1v) is 9.20. The second-order valence-corrected chi connectivity index (χ2v) is 8.85. The largest absolute Gasteiger partial charge is 0.374 e. The lowest BCUT2D eigenvalue weighted by atomic mass is 9.86. The molecule has 0 amide bonds. The van der Waals surface area contributed by atoms with Crippen molar-refractivity contribution in [2.45, 2.75) is 53.4 Å². The number of hydrogen-bond donors (Lipinski definition) is 0. The molecule has 1 aromatic heterocycles. The van der Waals surface area contributed by atoms with Crippen molar-refractivity contribution < 1.29 is 13.2 Å². The Labute approximate surface area is 133 Å². The van der Waals surface area contributed by atoms with Crippen LogP contribution in [0.25, 0.3) is 0 Å². The normalized spacial score (nSPS) is 14.8. The van der Waals surface area contributed by atoms with Gasteiger partial charge in [0.15, 0.2) is 0 Å². The number of sulfonamides is 1. The van der Waals surface area contributed by atoms with Crippen LogP contribution < -0.4 is 0 Å². The molecular formula is C14H28N4O3S. The van der Waals surface area contributed by atoms with Crippen molar-refractivity contribution in [3.05, 3.63) is 11.9 Å². The molecule has 1 rings (SSSR count). The van der Waals surface area contributed by atoms with Crippen LogP contribution in [0.1, 0.15) is 33.4 Å². The maximum absolute atomic E-state index is 11.7. The van der Waals surface area contributed by atoms with Gasteiger partial charge in [0.1, 0.15) is 0 Å². The van der Waals surface area contributed by atoms with Crippen LogP contribution in [0.4, 0.5) is 0 Å². The van der Waals surface area contributed by atoms with Crippen LogP contribution in [0, 0.1) is 12.3 Å². The molecule has 128 valence electrons. The standard InChI is InChI=1S/C14H28N4O3S/c1-11(2)21-13(9-17(6)22(7,19)20)14(4,5)10-18-8-12(3)15-16-18/h8,11,13H,9-10H2,1-7H3. The van der Waals surface area contributed by atoms with Crippen molar-refractivity contribution in [3.8, 4) is 0 Å². The van der Waals surface area contributed by atoms with Gasteiger partial charge in [-0.05, 0) is 20.8 Å². The number of hydrogen-bond acceptors (Lipinski definition) is 5. The van der Waals surface area contributed by atoms with Gasteiger partial charge in [-0.25, -0.2) is 12.7 Å². The van der Waals surface area contributed by atoms with Crippen LogP contribution in [0.15, 0.2) is 6.20 Å². The molecule has 0 aliphatic rings. The maximum atomic E-state index is 11.7.